The van der Waals surface area contributed by atoms with Crippen LogP contribution in [0.2, 0.25) is 10.0 Å². The van der Waals surface area contributed by atoms with Crippen molar-refractivity contribution in [3.8, 4) is 0 Å². The molecule has 0 unspecified atom stereocenters. The molecule has 1 aromatic heterocycles. The lowest BCUT2D eigenvalue weighted by molar-refractivity contribution is 0.597. The summed E-state index contributed by atoms with van der Waals surface area (Å²) in [6, 6.07) is 7.64. The molecular weight excluding hydrogens is 333 g/mol. The minimum atomic E-state index is -3.76. The van der Waals surface area contributed by atoms with Gasteiger partial charge in [-0.15, -0.1) is 0 Å². The van der Waals surface area contributed by atoms with Crippen LogP contribution in [0, 0.1) is 0 Å². The number of nitrogens with one attached hydrogen (secondary N) is 2. The third-order valence-corrected chi connectivity index (χ3v) is 4.66. The monoisotopic (exact) mass is 345 g/mol. The molecule has 5 nitrogen and oxygen atoms in total. The molecule has 0 aliphatic carbocycles. The van der Waals surface area contributed by atoms with Crippen LogP contribution < -0.4 is 10.0 Å². The van der Waals surface area contributed by atoms with Crippen LogP contribution in [0.3, 0.4) is 0 Å². The third kappa shape index (κ3) is 4.07. The van der Waals surface area contributed by atoms with E-state index in [0.29, 0.717) is 17.3 Å². The number of benzene rings is 1. The fourth-order valence-corrected chi connectivity index (χ4v) is 2.92. The first-order valence-electron chi connectivity index (χ1n) is 6.00. The maximum Gasteiger partial charge on any atom is 0.279 e. The Morgan fingerprint density at radius 3 is 2.48 bits per heavy atom. The topological polar surface area (TPSA) is 71.1 Å². The number of pyridine rings is 1. The van der Waals surface area contributed by atoms with Gasteiger partial charge < -0.3 is 5.32 Å². The maximum atomic E-state index is 12.2. The molecule has 2 aromatic rings. The Morgan fingerprint density at radius 1 is 1.14 bits per heavy atom. The van der Waals surface area contributed by atoms with Gasteiger partial charge in [-0.05, 0) is 36.9 Å². The molecule has 0 atom stereocenters. The summed E-state index contributed by atoms with van der Waals surface area (Å²) in [5.74, 6) is 0. The van der Waals surface area contributed by atoms with Crippen LogP contribution in [-0.4, -0.2) is 20.4 Å². The summed E-state index contributed by atoms with van der Waals surface area (Å²) in [6.07, 6.45) is 1.51. The molecule has 0 aliphatic heterocycles. The highest BCUT2D eigenvalue weighted by Crippen LogP contribution is 2.26. The standard InChI is InChI=1S/C13H13Cl2N3O2S/c1-16-7-9-2-5-13(17-8-9)21(19,20)18-10-3-4-11(14)12(15)6-10/h2-6,8,16,18H,7H2,1H3. The molecule has 0 amide bonds. The van der Waals surface area contributed by atoms with E-state index < -0.39 is 10.0 Å². The van der Waals surface area contributed by atoms with Crippen LogP contribution >= 0.6 is 23.2 Å². The molecule has 0 bridgehead atoms. The summed E-state index contributed by atoms with van der Waals surface area (Å²) in [5, 5.41) is 3.53. The van der Waals surface area contributed by atoms with Gasteiger partial charge in [0.25, 0.3) is 10.0 Å². The van der Waals surface area contributed by atoms with E-state index in [4.69, 9.17) is 23.2 Å². The average Bonchev–Trinajstić information content (AvgIpc) is 2.44. The van der Waals surface area contributed by atoms with Gasteiger partial charge in [-0.25, -0.2) is 4.98 Å². The van der Waals surface area contributed by atoms with Crippen LogP contribution in [0.1, 0.15) is 5.56 Å². The molecule has 0 aliphatic rings. The van der Waals surface area contributed by atoms with Gasteiger partial charge in [-0.2, -0.15) is 8.42 Å². The molecular formula is C13H13Cl2N3O2S. The van der Waals surface area contributed by atoms with Crippen molar-refractivity contribution in [3.05, 3.63) is 52.1 Å². The molecule has 8 heteroatoms. The fraction of sp³-hybridized carbons (Fsp3) is 0.154. The summed E-state index contributed by atoms with van der Waals surface area (Å²) in [4.78, 5) is 3.96. The van der Waals surface area contributed by atoms with E-state index in [-0.39, 0.29) is 10.0 Å². The van der Waals surface area contributed by atoms with Gasteiger partial charge in [0.15, 0.2) is 5.03 Å². The van der Waals surface area contributed by atoms with E-state index in [2.05, 4.69) is 15.0 Å². The van der Waals surface area contributed by atoms with Crippen LogP contribution in [0.25, 0.3) is 0 Å². The van der Waals surface area contributed by atoms with Crippen LogP contribution in [0.15, 0.2) is 41.6 Å². The molecule has 0 fully saturated rings. The minimum Gasteiger partial charge on any atom is -0.316 e. The zero-order valence-electron chi connectivity index (χ0n) is 11.1. The van der Waals surface area contributed by atoms with E-state index in [1.54, 1.807) is 13.1 Å². The summed E-state index contributed by atoms with van der Waals surface area (Å²) in [7, 11) is -1.96. The lowest BCUT2D eigenvalue weighted by Gasteiger charge is -2.08. The summed E-state index contributed by atoms with van der Waals surface area (Å²) in [5.41, 5.74) is 1.22. The second-order valence-corrected chi connectivity index (χ2v) is 6.71. The molecule has 2 rings (SSSR count). The van der Waals surface area contributed by atoms with Crippen molar-refractivity contribution in [3.63, 3.8) is 0 Å². The van der Waals surface area contributed by atoms with Crippen LogP contribution in [0.4, 0.5) is 5.69 Å². The highest BCUT2D eigenvalue weighted by atomic mass is 35.5. The lowest BCUT2D eigenvalue weighted by atomic mass is 10.3. The lowest BCUT2D eigenvalue weighted by Crippen LogP contribution is -2.15. The first-order valence-corrected chi connectivity index (χ1v) is 8.23. The summed E-state index contributed by atoms with van der Waals surface area (Å²) in [6.45, 7) is 0.619. The van der Waals surface area contributed by atoms with E-state index in [9.17, 15) is 8.42 Å². The number of halogens is 2. The Balaban J connectivity index is 2.23. The van der Waals surface area contributed by atoms with Crippen molar-refractivity contribution in [2.75, 3.05) is 11.8 Å². The quantitative estimate of drug-likeness (QED) is 0.873. The van der Waals surface area contributed by atoms with Crippen molar-refractivity contribution >= 4 is 38.9 Å². The number of sulfonamides is 1. The first kappa shape index (κ1) is 16.0. The van der Waals surface area contributed by atoms with Crippen molar-refractivity contribution in [1.82, 2.24) is 10.3 Å². The normalized spacial score (nSPS) is 11.4. The van der Waals surface area contributed by atoms with E-state index in [1.807, 2.05) is 0 Å². The van der Waals surface area contributed by atoms with Crippen molar-refractivity contribution in [2.24, 2.45) is 0 Å². The Bertz CT molecular complexity index is 734. The number of hydrogen-bond acceptors (Lipinski definition) is 4. The Hall–Kier alpha value is -1.34. The fourth-order valence-electron chi connectivity index (χ4n) is 1.65. The largest absolute Gasteiger partial charge is 0.316 e. The number of nitrogens with zero attached hydrogens (tertiary/aromatic N) is 1. The highest BCUT2D eigenvalue weighted by molar-refractivity contribution is 7.92. The first-order chi connectivity index (χ1) is 9.92. The van der Waals surface area contributed by atoms with Gasteiger partial charge in [0, 0.05) is 12.7 Å². The second kappa shape index (κ2) is 6.62. The van der Waals surface area contributed by atoms with Crippen molar-refractivity contribution < 1.29 is 8.42 Å². The molecule has 0 radical (unpaired) electrons. The zero-order chi connectivity index (χ0) is 15.5. The summed E-state index contributed by atoms with van der Waals surface area (Å²) >= 11 is 11.6. The zero-order valence-corrected chi connectivity index (χ0v) is 13.4. The predicted octanol–water partition coefficient (Wildman–Crippen LogP) is 2.91. The number of rotatable bonds is 5. The predicted molar refractivity (Wildman–Crippen MR) is 84.3 cm³/mol. The second-order valence-electron chi connectivity index (χ2n) is 4.27. The van der Waals surface area contributed by atoms with Crippen molar-refractivity contribution in [1.29, 1.82) is 0 Å². The number of anilines is 1. The van der Waals surface area contributed by atoms with E-state index in [0.717, 1.165) is 5.56 Å². The van der Waals surface area contributed by atoms with E-state index >= 15 is 0 Å². The number of aromatic nitrogens is 1. The molecule has 0 saturated carbocycles. The van der Waals surface area contributed by atoms with Gasteiger partial charge >= 0.3 is 0 Å². The van der Waals surface area contributed by atoms with Gasteiger partial charge in [0.1, 0.15) is 0 Å². The Morgan fingerprint density at radius 2 is 1.90 bits per heavy atom. The van der Waals surface area contributed by atoms with Gasteiger partial charge in [-0.1, -0.05) is 29.3 Å². The molecule has 2 N–H and O–H groups in total. The van der Waals surface area contributed by atoms with Gasteiger partial charge in [0.05, 0.1) is 15.7 Å². The highest BCUT2D eigenvalue weighted by Gasteiger charge is 2.16. The summed E-state index contributed by atoms with van der Waals surface area (Å²) < 4.78 is 26.8. The van der Waals surface area contributed by atoms with Crippen molar-refractivity contribution in [2.45, 2.75) is 11.6 Å². The average molecular weight is 346 g/mol. The molecule has 0 spiro atoms. The molecule has 112 valence electrons. The van der Waals surface area contributed by atoms with Crippen LogP contribution in [0.5, 0.6) is 0 Å². The Kier molecular flexibility index (Phi) is 5.05. The molecule has 1 aromatic carbocycles. The van der Waals surface area contributed by atoms with Gasteiger partial charge in [-0.3, -0.25) is 4.72 Å². The van der Waals surface area contributed by atoms with Crippen LogP contribution in [-0.2, 0) is 16.6 Å². The Labute approximate surface area is 133 Å². The SMILES string of the molecule is CNCc1ccc(S(=O)(=O)Nc2ccc(Cl)c(Cl)c2)nc1. The van der Waals surface area contributed by atoms with E-state index in [1.165, 1.54) is 30.5 Å². The smallest absolute Gasteiger partial charge is 0.279 e. The maximum absolute atomic E-state index is 12.2. The molecule has 21 heavy (non-hydrogen) atoms. The minimum absolute atomic E-state index is 0.0616. The van der Waals surface area contributed by atoms with Gasteiger partial charge in [0.2, 0.25) is 0 Å². The third-order valence-electron chi connectivity index (χ3n) is 2.63. The molecule has 1 heterocycles. The molecule has 0 saturated heterocycles. The number of hydrogen-bond donors (Lipinski definition) is 2.